The van der Waals surface area contributed by atoms with Crippen LogP contribution >= 0.6 is 0 Å². The average Bonchev–Trinajstić information content (AvgIpc) is 2.83. The molecule has 2 aromatic rings. The number of carbonyl (C=O) groups is 3. The van der Waals surface area contributed by atoms with E-state index in [4.69, 9.17) is 4.74 Å². The second kappa shape index (κ2) is 13.3. The smallest absolute Gasteiger partial charge is 0.408 e. The number of hydrogen-bond donors (Lipinski definition) is 3. The lowest BCUT2D eigenvalue weighted by Gasteiger charge is -2.26. The molecular formula is C25H32N2O5. The fraction of sp³-hybridized carbons (Fsp3) is 0.400. The zero-order chi connectivity index (χ0) is 23.3. The molecule has 0 bridgehead atoms. The number of Topliss-reactive ketones (excluding diaryl/α,β-unsaturated/α-hetero) is 1. The molecule has 0 fully saturated rings. The van der Waals surface area contributed by atoms with Gasteiger partial charge in [0.1, 0.15) is 19.3 Å². The Labute approximate surface area is 189 Å². The zero-order valence-electron chi connectivity index (χ0n) is 18.6. The molecule has 0 saturated carbocycles. The van der Waals surface area contributed by atoms with Crippen LogP contribution in [0.15, 0.2) is 60.7 Å². The van der Waals surface area contributed by atoms with Gasteiger partial charge in [0.2, 0.25) is 5.91 Å². The number of aliphatic hydroxyl groups excluding tert-OH is 1. The third-order valence-electron chi connectivity index (χ3n) is 5.41. The fourth-order valence-corrected chi connectivity index (χ4v) is 3.23. The van der Waals surface area contributed by atoms with Crippen LogP contribution in [0, 0.1) is 5.92 Å². The van der Waals surface area contributed by atoms with Crippen LogP contribution in [0.2, 0.25) is 0 Å². The topological polar surface area (TPSA) is 105 Å². The van der Waals surface area contributed by atoms with Crippen molar-refractivity contribution >= 4 is 17.8 Å². The number of ketones is 1. The van der Waals surface area contributed by atoms with Gasteiger partial charge in [-0.25, -0.2) is 4.79 Å². The first-order valence-electron chi connectivity index (χ1n) is 10.9. The Kier molecular flexibility index (Phi) is 10.4. The minimum Gasteiger partial charge on any atom is -0.445 e. The lowest BCUT2D eigenvalue weighted by Crippen LogP contribution is -2.54. The molecule has 0 radical (unpaired) electrons. The second-order valence-corrected chi connectivity index (χ2v) is 7.78. The number of rotatable bonds is 12. The molecule has 172 valence electrons. The van der Waals surface area contributed by atoms with Crippen molar-refractivity contribution in [3.05, 3.63) is 71.8 Å². The van der Waals surface area contributed by atoms with Gasteiger partial charge in [0.05, 0.1) is 6.04 Å². The van der Waals surface area contributed by atoms with E-state index >= 15 is 0 Å². The van der Waals surface area contributed by atoms with Gasteiger partial charge in [-0.15, -0.1) is 0 Å². The minimum absolute atomic E-state index is 0.0875. The molecule has 32 heavy (non-hydrogen) atoms. The van der Waals surface area contributed by atoms with Crippen molar-refractivity contribution in [2.24, 2.45) is 5.92 Å². The van der Waals surface area contributed by atoms with Crippen LogP contribution in [0.4, 0.5) is 4.79 Å². The molecule has 0 saturated heterocycles. The maximum absolute atomic E-state index is 13.0. The van der Waals surface area contributed by atoms with Gasteiger partial charge >= 0.3 is 6.09 Å². The number of hydrogen-bond acceptors (Lipinski definition) is 5. The summed E-state index contributed by atoms with van der Waals surface area (Å²) in [6.07, 6.45) is 0.849. The molecule has 2 aromatic carbocycles. The van der Waals surface area contributed by atoms with E-state index in [0.717, 1.165) is 11.1 Å². The molecule has 0 aliphatic carbocycles. The number of benzene rings is 2. The van der Waals surface area contributed by atoms with Crippen LogP contribution in [-0.4, -0.2) is 41.6 Å². The fourth-order valence-electron chi connectivity index (χ4n) is 3.23. The Morgan fingerprint density at radius 1 is 0.938 bits per heavy atom. The van der Waals surface area contributed by atoms with Crippen molar-refractivity contribution < 1.29 is 24.2 Å². The van der Waals surface area contributed by atoms with Gasteiger partial charge in [0.15, 0.2) is 5.78 Å². The number of ether oxygens (including phenoxy) is 1. The highest BCUT2D eigenvalue weighted by molar-refractivity contribution is 5.92. The van der Waals surface area contributed by atoms with E-state index in [1.165, 1.54) is 0 Å². The lowest BCUT2D eigenvalue weighted by atomic mass is 9.97. The molecule has 2 amide bonds. The summed E-state index contributed by atoms with van der Waals surface area (Å²) in [6, 6.07) is 17.1. The first-order chi connectivity index (χ1) is 15.4. The molecule has 7 heteroatoms. The highest BCUT2D eigenvalue weighted by Crippen LogP contribution is 2.11. The van der Waals surface area contributed by atoms with Gasteiger partial charge in [-0.1, -0.05) is 80.9 Å². The average molecular weight is 441 g/mol. The molecule has 3 atom stereocenters. The van der Waals surface area contributed by atoms with E-state index in [1.807, 2.05) is 74.5 Å². The Balaban J connectivity index is 1.99. The third kappa shape index (κ3) is 8.15. The SMILES string of the molecule is CC[C@@H](C)[C@H](NC(=O)OCc1ccccc1)C(=O)N[C@@H](CCc1ccccc1)C(=O)CO. The first kappa shape index (κ1) is 25.1. The highest BCUT2D eigenvalue weighted by atomic mass is 16.5. The van der Waals surface area contributed by atoms with E-state index in [2.05, 4.69) is 10.6 Å². The molecule has 0 aliphatic rings. The number of alkyl carbamates (subject to hydrolysis) is 1. The molecular weight excluding hydrogens is 408 g/mol. The normalized spacial score (nSPS) is 13.5. The molecule has 7 nitrogen and oxygen atoms in total. The summed E-state index contributed by atoms with van der Waals surface area (Å²) in [4.78, 5) is 37.5. The summed E-state index contributed by atoms with van der Waals surface area (Å²) in [5.41, 5.74) is 1.86. The Morgan fingerprint density at radius 3 is 2.09 bits per heavy atom. The van der Waals surface area contributed by atoms with Crippen molar-refractivity contribution in [2.75, 3.05) is 6.61 Å². The van der Waals surface area contributed by atoms with Crippen molar-refractivity contribution in [1.82, 2.24) is 10.6 Å². The monoisotopic (exact) mass is 440 g/mol. The number of nitrogens with one attached hydrogen (secondary N) is 2. The van der Waals surface area contributed by atoms with Crippen LogP contribution in [0.3, 0.4) is 0 Å². The maximum atomic E-state index is 13.0. The molecule has 0 unspecified atom stereocenters. The van der Waals surface area contributed by atoms with Crippen LogP contribution in [0.25, 0.3) is 0 Å². The summed E-state index contributed by atoms with van der Waals surface area (Å²) in [7, 11) is 0. The summed E-state index contributed by atoms with van der Waals surface area (Å²) < 4.78 is 5.25. The van der Waals surface area contributed by atoms with Crippen LogP contribution in [0.5, 0.6) is 0 Å². The van der Waals surface area contributed by atoms with Gasteiger partial charge in [-0.3, -0.25) is 9.59 Å². The Hall–Kier alpha value is -3.19. The molecule has 0 spiro atoms. The van der Waals surface area contributed by atoms with Gasteiger partial charge < -0.3 is 20.5 Å². The summed E-state index contributed by atoms with van der Waals surface area (Å²) in [5.74, 6) is -1.13. The molecule has 0 aromatic heterocycles. The predicted octanol–water partition coefficient (Wildman–Crippen LogP) is 3.01. The Bertz CT molecular complexity index is 857. The quantitative estimate of drug-likeness (QED) is 0.471. The van der Waals surface area contributed by atoms with E-state index in [1.54, 1.807) is 0 Å². The van der Waals surface area contributed by atoms with Crippen LogP contribution in [-0.2, 0) is 27.4 Å². The van der Waals surface area contributed by atoms with Gasteiger partial charge in [0, 0.05) is 0 Å². The lowest BCUT2D eigenvalue weighted by molar-refractivity contribution is -0.131. The summed E-state index contributed by atoms with van der Waals surface area (Å²) in [6.45, 7) is 3.17. The van der Waals surface area contributed by atoms with Gasteiger partial charge in [-0.05, 0) is 29.9 Å². The van der Waals surface area contributed by atoms with Gasteiger partial charge in [-0.2, -0.15) is 0 Å². The molecule has 0 aliphatic heterocycles. The summed E-state index contributed by atoms with van der Waals surface area (Å²) in [5, 5.41) is 14.7. The zero-order valence-corrected chi connectivity index (χ0v) is 18.6. The molecule has 3 N–H and O–H groups in total. The number of carbonyl (C=O) groups excluding carboxylic acids is 3. The highest BCUT2D eigenvalue weighted by Gasteiger charge is 2.30. The first-order valence-corrected chi connectivity index (χ1v) is 10.9. The predicted molar refractivity (Wildman–Crippen MR) is 122 cm³/mol. The Morgan fingerprint density at radius 2 is 1.53 bits per heavy atom. The summed E-state index contributed by atoms with van der Waals surface area (Å²) >= 11 is 0. The molecule has 0 heterocycles. The van der Waals surface area contributed by atoms with E-state index in [9.17, 15) is 19.5 Å². The standard InChI is InChI=1S/C25H32N2O5/c1-3-18(2)23(27-25(31)32-17-20-12-8-5-9-13-20)24(30)26-21(22(29)16-28)15-14-19-10-6-4-7-11-19/h4-13,18,21,23,28H,3,14-17H2,1-2H3,(H,26,30)(H,27,31)/t18-,21+,23+/m1/s1. The van der Waals surface area contributed by atoms with Crippen LogP contribution in [0.1, 0.15) is 37.8 Å². The minimum atomic E-state index is -0.867. The van der Waals surface area contributed by atoms with Crippen molar-refractivity contribution in [3.8, 4) is 0 Å². The number of aliphatic hydroxyl groups is 1. The van der Waals surface area contributed by atoms with Gasteiger partial charge in [0.25, 0.3) is 0 Å². The van der Waals surface area contributed by atoms with E-state index in [0.29, 0.717) is 19.3 Å². The second-order valence-electron chi connectivity index (χ2n) is 7.78. The van der Waals surface area contributed by atoms with E-state index < -0.39 is 36.5 Å². The molecule has 2 rings (SSSR count). The maximum Gasteiger partial charge on any atom is 0.408 e. The largest absolute Gasteiger partial charge is 0.445 e. The van der Waals surface area contributed by atoms with E-state index in [-0.39, 0.29) is 12.5 Å². The third-order valence-corrected chi connectivity index (χ3v) is 5.41. The number of aryl methyl sites for hydroxylation is 1. The van der Waals surface area contributed by atoms with Crippen LogP contribution < -0.4 is 10.6 Å². The van der Waals surface area contributed by atoms with Crippen molar-refractivity contribution in [3.63, 3.8) is 0 Å². The number of amides is 2. The van der Waals surface area contributed by atoms with Crippen molar-refractivity contribution in [1.29, 1.82) is 0 Å². The van der Waals surface area contributed by atoms with Crippen molar-refractivity contribution in [2.45, 2.75) is 51.8 Å².